The first-order valence-electron chi connectivity index (χ1n) is 21.4. The Bertz CT molecular complexity index is 3310. The van der Waals surface area contributed by atoms with Crippen molar-refractivity contribution in [3.63, 3.8) is 0 Å². The zero-order valence-electron chi connectivity index (χ0n) is 34.2. The Morgan fingerprint density at radius 1 is 0.403 bits per heavy atom. The van der Waals surface area contributed by atoms with Crippen LogP contribution in [-0.4, -0.2) is 0 Å². The van der Waals surface area contributed by atoms with E-state index in [1.807, 2.05) is 24.3 Å². The molecule has 0 saturated heterocycles. The van der Waals surface area contributed by atoms with E-state index in [4.69, 9.17) is 8.83 Å². The highest BCUT2D eigenvalue weighted by Gasteiger charge is 2.23. The lowest BCUT2D eigenvalue weighted by atomic mass is 9.77. The van der Waals surface area contributed by atoms with Crippen molar-refractivity contribution in [3.8, 4) is 33.4 Å². The topological polar surface area (TPSA) is 29.5 Å². The van der Waals surface area contributed by atoms with Gasteiger partial charge in [-0.3, -0.25) is 0 Å². The lowest BCUT2D eigenvalue weighted by Gasteiger charge is -2.27. The first-order valence-corrected chi connectivity index (χ1v) is 21.4. The molecule has 294 valence electrons. The van der Waals surface area contributed by atoms with Gasteiger partial charge in [0.2, 0.25) is 0 Å². The van der Waals surface area contributed by atoms with E-state index in [1.165, 1.54) is 27.8 Å². The van der Waals surface area contributed by atoms with E-state index in [0.717, 1.165) is 83.2 Å². The SMILES string of the molecule is CC1C=C(c2cccc(-c3ccc(N(c4ccc(-c5ccc6c(c5)oc5ccccc56)cc4)c4ccc(-c5ccc6c(c5)oc5ccccc56)cc4)cc3)c2)C=C2C=CC=CC21. The second-order valence-electron chi connectivity index (χ2n) is 16.6. The Kier molecular flexibility index (Phi) is 8.53. The summed E-state index contributed by atoms with van der Waals surface area (Å²) in [4.78, 5) is 2.33. The molecule has 2 aliphatic carbocycles. The van der Waals surface area contributed by atoms with Gasteiger partial charge < -0.3 is 13.7 Å². The summed E-state index contributed by atoms with van der Waals surface area (Å²) in [6.45, 7) is 2.32. The summed E-state index contributed by atoms with van der Waals surface area (Å²) in [6, 6.07) is 65.1. The van der Waals surface area contributed by atoms with Crippen LogP contribution in [0.3, 0.4) is 0 Å². The highest BCUT2D eigenvalue weighted by molar-refractivity contribution is 6.07. The number of hydrogen-bond acceptors (Lipinski definition) is 3. The molecule has 8 aromatic carbocycles. The van der Waals surface area contributed by atoms with Crippen LogP contribution in [0.1, 0.15) is 12.5 Å². The average molecular weight is 796 g/mol. The van der Waals surface area contributed by atoms with Crippen LogP contribution >= 0.6 is 0 Å². The zero-order valence-corrected chi connectivity index (χ0v) is 34.2. The molecule has 0 radical (unpaired) electrons. The maximum absolute atomic E-state index is 6.25. The molecule has 0 fully saturated rings. The van der Waals surface area contributed by atoms with Gasteiger partial charge in [0.1, 0.15) is 22.3 Å². The summed E-state index contributed by atoms with van der Waals surface area (Å²) in [6.07, 6.45) is 13.7. The van der Waals surface area contributed by atoms with Gasteiger partial charge in [0.25, 0.3) is 0 Å². The van der Waals surface area contributed by atoms with Crippen molar-refractivity contribution in [1.82, 2.24) is 0 Å². The quantitative estimate of drug-likeness (QED) is 0.161. The Balaban J connectivity index is 0.888. The summed E-state index contributed by atoms with van der Waals surface area (Å²) >= 11 is 0. The Morgan fingerprint density at radius 2 is 0.871 bits per heavy atom. The second-order valence-corrected chi connectivity index (χ2v) is 16.6. The number of benzene rings is 8. The number of anilines is 3. The average Bonchev–Trinajstić information content (AvgIpc) is 3.90. The molecule has 0 N–H and O–H groups in total. The zero-order chi connectivity index (χ0) is 41.1. The van der Waals surface area contributed by atoms with Crippen LogP contribution in [0.4, 0.5) is 17.1 Å². The van der Waals surface area contributed by atoms with Crippen molar-refractivity contribution in [1.29, 1.82) is 0 Å². The normalized spacial score (nSPS) is 15.9. The van der Waals surface area contributed by atoms with Crippen LogP contribution in [0.15, 0.2) is 233 Å². The molecule has 2 heterocycles. The monoisotopic (exact) mass is 795 g/mol. The summed E-state index contributed by atoms with van der Waals surface area (Å²) < 4.78 is 12.5. The fourth-order valence-corrected chi connectivity index (χ4v) is 9.54. The molecule has 0 spiro atoms. The van der Waals surface area contributed by atoms with Crippen molar-refractivity contribution in [2.24, 2.45) is 11.8 Å². The molecule has 2 unspecified atom stereocenters. The predicted molar refractivity (Wildman–Crippen MR) is 259 cm³/mol. The largest absolute Gasteiger partial charge is 0.456 e. The van der Waals surface area contributed by atoms with E-state index in [9.17, 15) is 0 Å². The van der Waals surface area contributed by atoms with E-state index in [1.54, 1.807) is 0 Å². The first kappa shape index (κ1) is 36.0. The lowest BCUT2D eigenvalue weighted by molar-refractivity contribution is 0.585. The van der Waals surface area contributed by atoms with Crippen LogP contribution in [-0.2, 0) is 0 Å². The number of allylic oxidation sites excluding steroid dienone is 8. The molecule has 0 amide bonds. The van der Waals surface area contributed by atoms with Gasteiger partial charge in [0, 0.05) is 44.5 Å². The third kappa shape index (κ3) is 6.29. The minimum atomic E-state index is 0.448. The number of nitrogens with zero attached hydrogens (tertiary/aromatic N) is 1. The van der Waals surface area contributed by atoms with Crippen LogP contribution < -0.4 is 4.90 Å². The van der Waals surface area contributed by atoms with Crippen molar-refractivity contribution in [2.75, 3.05) is 4.90 Å². The summed E-state index contributed by atoms with van der Waals surface area (Å²) in [5, 5.41) is 4.55. The van der Waals surface area contributed by atoms with Crippen molar-refractivity contribution in [2.45, 2.75) is 6.92 Å². The molecule has 0 aliphatic heterocycles. The van der Waals surface area contributed by atoms with Gasteiger partial charge in [-0.15, -0.1) is 0 Å². The smallest absolute Gasteiger partial charge is 0.136 e. The third-order valence-electron chi connectivity index (χ3n) is 12.8. The van der Waals surface area contributed by atoms with Crippen LogP contribution in [0.2, 0.25) is 0 Å². The predicted octanol–water partition coefficient (Wildman–Crippen LogP) is 16.7. The van der Waals surface area contributed by atoms with Crippen molar-refractivity contribution >= 4 is 66.5 Å². The minimum Gasteiger partial charge on any atom is -0.456 e. The molecule has 0 saturated carbocycles. The molecule has 2 atom stereocenters. The van der Waals surface area contributed by atoms with E-state index in [2.05, 4.69) is 206 Å². The molecule has 3 heteroatoms. The van der Waals surface area contributed by atoms with Gasteiger partial charge in [0.05, 0.1) is 0 Å². The van der Waals surface area contributed by atoms with Crippen LogP contribution in [0.5, 0.6) is 0 Å². The van der Waals surface area contributed by atoms with E-state index >= 15 is 0 Å². The van der Waals surface area contributed by atoms with Gasteiger partial charge in [-0.25, -0.2) is 0 Å². The minimum absolute atomic E-state index is 0.448. The van der Waals surface area contributed by atoms with Gasteiger partial charge >= 0.3 is 0 Å². The molecule has 10 aromatic rings. The molecule has 0 bridgehead atoms. The molecule has 62 heavy (non-hydrogen) atoms. The van der Waals surface area contributed by atoms with Gasteiger partial charge in [0.15, 0.2) is 0 Å². The molecular weight excluding hydrogens is 755 g/mol. The highest BCUT2D eigenvalue weighted by Crippen LogP contribution is 2.41. The first-order chi connectivity index (χ1) is 30.6. The number of furan rings is 2. The fourth-order valence-electron chi connectivity index (χ4n) is 9.54. The van der Waals surface area contributed by atoms with Crippen molar-refractivity contribution < 1.29 is 8.83 Å². The molecule has 12 rings (SSSR count). The standard InChI is InChI=1S/C59H41NO2/c1-38-33-47(35-46-9-2-3-12-51(38)46)43-11-8-10-42(34-43)39-17-25-48(26-18-39)60(49-27-19-40(20-28-49)44-23-31-54-52-13-4-6-15-56(52)61-58(54)36-44)50-29-21-41(22-30-50)45-24-32-55-53-14-5-7-16-57(53)62-59(55)37-45/h2-38,51H,1H3. The molecular formula is C59H41NO2. The highest BCUT2D eigenvalue weighted by atomic mass is 16.3. The van der Waals surface area contributed by atoms with Gasteiger partial charge in [-0.05, 0) is 135 Å². The number of hydrogen-bond donors (Lipinski definition) is 0. The molecule has 3 nitrogen and oxygen atoms in total. The summed E-state index contributed by atoms with van der Waals surface area (Å²) in [5.74, 6) is 0.901. The molecule has 2 aliphatic rings. The van der Waals surface area contributed by atoms with E-state index in [-0.39, 0.29) is 0 Å². The van der Waals surface area contributed by atoms with Gasteiger partial charge in [-0.2, -0.15) is 0 Å². The number of fused-ring (bicyclic) bond motifs is 7. The fraction of sp³-hybridized carbons (Fsp3) is 0.0508. The van der Waals surface area contributed by atoms with Crippen molar-refractivity contribution in [3.05, 3.63) is 230 Å². The number of para-hydroxylation sites is 2. The Hall–Kier alpha value is -7.88. The maximum Gasteiger partial charge on any atom is 0.136 e. The second kappa shape index (κ2) is 14.7. The van der Waals surface area contributed by atoms with Crippen LogP contribution in [0, 0.1) is 11.8 Å². The van der Waals surface area contributed by atoms with Crippen LogP contribution in [0.25, 0.3) is 82.8 Å². The Labute approximate surface area is 360 Å². The lowest BCUT2D eigenvalue weighted by Crippen LogP contribution is -2.14. The van der Waals surface area contributed by atoms with E-state index in [0.29, 0.717) is 11.8 Å². The number of rotatable bonds is 7. The third-order valence-corrected chi connectivity index (χ3v) is 12.8. The maximum atomic E-state index is 6.25. The molecule has 2 aromatic heterocycles. The van der Waals surface area contributed by atoms with E-state index < -0.39 is 0 Å². The summed E-state index contributed by atoms with van der Waals surface area (Å²) in [7, 11) is 0. The Morgan fingerprint density at radius 3 is 1.42 bits per heavy atom. The summed E-state index contributed by atoms with van der Waals surface area (Å²) in [5.41, 5.74) is 17.6. The van der Waals surface area contributed by atoms with Gasteiger partial charge in [-0.1, -0.05) is 147 Å².